The van der Waals surface area contributed by atoms with E-state index < -0.39 is 5.97 Å². The Bertz CT molecular complexity index is 596. The van der Waals surface area contributed by atoms with Gasteiger partial charge in [-0.25, -0.2) is 0 Å². The van der Waals surface area contributed by atoms with Crippen LogP contribution < -0.4 is 0 Å². The van der Waals surface area contributed by atoms with Crippen LogP contribution in [-0.4, -0.2) is 38.8 Å². The maximum absolute atomic E-state index is 12.2. The van der Waals surface area contributed by atoms with Gasteiger partial charge in [-0.05, 0) is 12.8 Å². The summed E-state index contributed by atoms with van der Waals surface area (Å²) in [6, 6.07) is 0. The summed E-state index contributed by atoms with van der Waals surface area (Å²) in [5.41, 5.74) is 0.368. The first-order chi connectivity index (χ1) is 10.6. The molecule has 0 aromatic carbocycles. The molecule has 22 heavy (non-hydrogen) atoms. The molecule has 3 rings (SSSR count). The highest BCUT2D eigenvalue weighted by Gasteiger charge is 2.48. The summed E-state index contributed by atoms with van der Waals surface area (Å²) in [6.45, 7) is -0.461. The second-order valence-electron chi connectivity index (χ2n) is 5.41. The molecule has 2 heterocycles. The van der Waals surface area contributed by atoms with E-state index in [-0.39, 0.29) is 36.8 Å². The van der Waals surface area contributed by atoms with Gasteiger partial charge in [-0.1, -0.05) is 28.9 Å². The second kappa shape index (κ2) is 6.29. The molecule has 2 fully saturated rings. The van der Waals surface area contributed by atoms with Gasteiger partial charge < -0.3 is 4.74 Å². The molecule has 0 spiro atoms. The molecule has 1 aromatic rings. The van der Waals surface area contributed by atoms with Gasteiger partial charge in [0, 0.05) is 11.5 Å². The molecule has 1 saturated heterocycles. The summed E-state index contributed by atoms with van der Waals surface area (Å²) in [6.07, 6.45) is 3.35. The van der Waals surface area contributed by atoms with Crippen LogP contribution in [0.15, 0.2) is 0 Å². The molecule has 1 aliphatic carbocycles. The summed E-state index contributed by atoms with van der Waals surface area (Å²) in [5.74, 6) is -1.66. The standard InChI is InChI=1S/C13H14ClN3O4S/c14-11-9(15-16-22-11)6-21-10(18)5-17-12(19)7-3-1-2-4-8(7)13(17)20/h7-8H,1-6H2. The fourth-order valence-corrected chi connectivity index (χ4v) is 3.59. The monoisotopic (exact) mass is 343 g/mol. The van der Waals surface area contributed by atoms with E-state index in [1.165, 1.54) is 0 Å². The minimum atomic E-state index is -0.649. The Labute approximate surface area is 135 Å². The molecule has 2 amide bonds. The molecular weight excluding hydrogens is 330 g/mol. The SMILES string of the molecule is O=C(CN1C(=O)C2CCCCC2C1=O)OCc1nnsc1Cl. The van der Waals surface area contributed by atoms with Crippen LogP contribution in [0, 0.1) is 11.8 Å². The number of nitrogens with zero attached hydrogens (tertiary/aromatic N) is 3. The van der Waals surface area contributed by atoms with Crippen molar-refractivity contribution in [2.45, 2.75) is 32.3 Å². The Balaban J connectivity index is 1.58. The minimum absolute atomic E-state index is 0.114. The molecule has 2 atom stereocenters. The van der Waals surface area contributed by atoms with Crippen molar-refractivity contribution >= 4 is 40.9 Å². The van der Waals surface area contributed by atoms with Crippen LogP contribution in [0.2, 0.25) is 4.34 Å². The number of halogens is 1. The molecule has 2 aliphatic rings. The summed E-state index contributed by atoms with van der Waals surface area (Å²) in [4.78, 5) is 37.3. The first-order valence-corrected chi connectivity index (χ1v) is 8.20. The maximum Gasteiger partial charge on any atom is 0.326 e. The van der Waals surface area contributed by atoms with Crippen molar-refractivity contribution in [1.29, 1.82) is 0 Å². The van der Waals surface area contributed by atoms with Gasteiger partial charge in [-0.15, -0.1) is 5.10 Å². The van der Waals surface area contributed by atoms with Gasteiger partial charge in [0.25, 0.3) is 0 Å². The molecule has 0 bridgehead atoms. The number of esters is 1. The zero-order valence-corrected chi connectivity index (χ0v) is 13.2. The third kappa shape index (κ3) is 2.85. The number of aromatic nitrogens is 2. The Morgan fingerprint density at radius 3 is 2.45 bits per heavy atom. The van der Waals surface area contributed by atoms with Gasteiger partial charge in [0.2, 0.25) is 11.8 Å². The van der Waals surface area contributed by atoms with Crippen molar-refractivity contribution in [3.8, 4) is 0 Å². The van der Waals surface area contributed by atoms with Gasteiger partial charge in [0.1, 0.15) is 23.2 Å². The Hall–Kier alpha value is -1.54. The lowest BCUT2D eigenvalue weighted by Gasteiger charge is -2.19. The normalized spacial score (nSPS) is 24.5. The maximum atomic E-state index is 12.2. The zero-order valence-electron chi connectivity index (χ0n) is 11.7. The first kappa shape index (κ1) is 15.4. The number of carbonyl (C=O) groups is 3. The van der Waals surface area contributed by atoms with Crippen molar-refractivity contribution in [2.75, 3.05) is 6.54 Å². The summed E-state index contributed by atoms with van der Waals surface area (Å²) in [7, 11) is 0. The molecule has 1 aromatic heterocycles. The predicted octanol–water partition coefficient (Wildman–Crippen LogP) is 1.41. The fourth-order valence-electron chi connectivity index (χ4n) is 2.99. The largest absolute Gasteiger partial charge is 0.458 e. The number of imide groups is 1. The number of fused-ring (bicyclic) bond motifs is 1. The lowest BCUT2D eigenvalue weighted by atomic mass is 9.81. The number of likely N-dealkylation sites (tertiary alicyclic amines) is 1. The Kier molecular flexibility index (Phi) is 4.39. The molecule has 0 radical (unpaired) electrons. The molecule has 1 aliphatic heterocycles. The van der Waals surface area contributed by atoms with Crippen molar-refractivity contribution in [3.63, 3.8) is 0 Å². The highest BCUT2D eigenvalue weighted by molar-refractivity contribution is 7.10. The van der Waals surface area contributed by atoms with Crippen molar-refractivity contribution in [1.82, 2.24) is 14.5 Å². The lowest BCUT2D eigenvalue weighted by Crippen LogP contribution is -2.36. The molecular formula is C13H14ClN3O4S. The average molecular weight is 344 g/mol. The number of carbonyl (C=O) groups excluding carboxylic acids is 3. The van der Waals surface area contributed by atoms with E-state index in [0.717, 1.165) is 42.1 Å². The smallest absolute Gasteiger partial charge is 0.326 e. The second-order valence-corrected chi connectivity index (χ2v) is 6.77. The molecule has 0 N–H and O–H groups in total. The molecule has 7 nitrogen and oxygen atoms in total. The molecule has 2 unspecified atom stereocenters. The number of amides is 2. The van der Waals surface area contributed by atoms with Crippen LogP contribution in [0.3, 0.4) is 0 Å². The van der Waals surface area contributed by atoms with Crippen LogP contribution in [0.1, 0.15) is 31.4 Å². The zero-order chi connectivity index (χ0) is 15.7. The summed E-state index contributed by atoms with van der Waals surface area (Å²) >= 11 is 6.80. The van der Waals surface area contributed by atoms with Crippen LogP contribution in [-0.2, 0) is 25.7 Å². The number of ether oxygens (including phenoxy) is 1. The summed E-state index contributed by atoms with van der Waals surface area (Å²) < 4.78 is 8.99. The Morgan fingerprint density at radius 1 is 1.27 bits per heavy atom. The van der Waals surface area contributed by atoms with Crippen molar-refractivity contribution in [2.24, 2.45) is 11.8 Å². The van der Waals surface area contributed by atoms with Crippen molar-refractivity contribution in [3.05, 3.63) is 10.0 Å². The third-order valence-electron chi connectivity index (χ3n) is 4.10. The van der Waals surface area contributed by atoms with Crippen LogP contribution >= 0.6 is 23.1 Å². The van der Waals surface area contributed by atoms with Gasteiger partial charge in [0.15, 0.2) is 0 Å². The van der Waals surface area contributed by atoms with E-state index in [1.807, 2.05) is 0 Å². The van der Waals surface area contributed by atoms with Gasteiger partial charge in [-0.3, -0.25) is 19.3 Å². The van der Waals surface area contributed by atoms with Crippen LogP contribution in [0.25, 0.3) is 0 Å². The Morgan fingerprint density at radius 2 is 1.91 bits per heavy atom. The van der Waals surface area contributed by atoms with E-state index in [1.54, 1.807) is 0 Å². The van der Waals surface area contributed by atoms with Crippen molar-refractivity contribution < 1.29 is 19.1 Å². The molecule has 1 saturated carbocycles. The quantitative estimate of drug-likeness (QED) is 0.606. The topological polar surface area (TPSA) is 89.5 Å². The van der Waals surface area contributed by atoms with Gasteiger partial charge in [0.05, 0.1) is 11.8 Å². The fraction of sp³-hybridized carbons (Fsp3) is 0.615. The predicted molar refractivity (Wildman–Crippen MR) is 76.9 cm³/mol. The van der Waals surface area contributed by atoms with Crippen LogP contribution in [0.5, 0.6) is 0 Å². The highest BCUT2D eigenvalue weighted by atomic mass is 35.5. The number of hydrogen-bond donors (Lipinski definition) is 0. The van der Waals surface area contributed by atoms with Gasteiger partial charge >= 0.3 is 5.97 Å². The van der Waals surface area contributed by atoms with E-state index in [0.29, 0.717) is 10.0 Å². The number of rotatable bonds is 4. The molecule has 9 heteroatoms. The van der Waals surface area contributed by atoms with E-state index in [4.69, 9.17) is 16.3 Å². The minimum Gasteiger partial charge on any atom is -0.458 e. The van der Waals surface area contributed by atoms with E-state index in [2.05, 4.69) is 9.59 Å². The van der Waals surface area contributed by atoms with Crippen LogP contribution in [0.4, 0.5) is 0 Å². The number of hydrogen-bond acceptors (Lipinski definition) is 7. The first-order valence-electron chi connectivity index (χ1n) is 7.05. The average Bonchev–Trinajstić information content (AvgIpc) is 3.03. The lowest BCUT2D eigenvalue weighted by molar-refractivity contribution is -0.153. The highest BCUT2D eigenvalue weighted by Crippen LogP contribution is 2.37. The van der Waals surface area contributed by atoms with Gasteiger partial charge in [-0.2, -0.15) is 0 Å². The molecule has 118 valence electrons. The van der Waals surface area contributed by atoms with E-state index >= 15 is 0 Å². The third-order valence-corrected chi connectivity index (χ3v) is 5.08. The summed E-state index contributed by atoms with van der Waals surface area (Å²) in [5, 5.41) is 3.72. The van der Waals surface area contributed by atoms with E-state index in [9.17, 15) is 14.4 Å².